The highest BCUT2D eigenvalue weighted by atomic mass is 32.2. The van der Waals surface area contributed by atoms with Gasteiger partial charge >= 0.3 is 0 Å². The van der Waals surface area contributed by atoms with Crippen LogP contribution < -0.4 is 0 Å². The Morgan fingerprint density at radius 3 is 2.73 bits per heavy atom. The Morgan fingerprint density at radius 1 is 1.41 bits per heavy atom. The van der Waals surface area contributed by atoms with Gasteiger partial charge in [-0.05, 0) is 25.2 Å². The predicted molar refractivity (Wildman–Crippen MR) is 81.0 cm³/mol. The SMILES string of the molecule is CCc1nc(S(=O)(=O)N2CCC3(CCO3)C2)cn1CC1CC1. The highest BCUT2D eigenvalue weighted by Crippen LogP contribution is 2.38. The van der Waals surface area contributed by atoms with Crippen LogP contribution in [0, 0.1) is 5.92 Å². The molecule has 122 valence electrons. The molecule has 3 aliphatic rings. The standard InChI is InChI=1S/C15H23N3O3S/c1-2-13-16-14(10-17(13)9-12-3-4-12)22(19,20)18-7-5-15(11-18)6-8-21-15/h10,12H,2-9,11H2,1H3. The van der Waals surface area contributed by atoms with E-state index < -0.39 is 10.0 Å². The molecule has 22 heavy (non-hydrogen) atoms. The fraction of sp³-hybridized carbons (Fsp3) is 0.800. The van der Waals surface area contributed by atoms with Crippen molar-refractivity contribution < 1.29 is 13.2 Å². The number of nitrogens with zero attached hydrogens (tertiary/aromatic N) is 3. The van der Waals surface area contributed by atoms with E-state index in [-0.39, 0.29) is 10.6 Å². The summed E-state index contributed by atoms with van der Waals surface area (Å²) in [6.45, 7) is 4.70. The van der Waals surface area contributed by atoms with E-state index in [1.54, 1.807) is 10.5 Å². The van der Waals surface area contributed by atoms with E-state index in [0.717, 1.165) is 38.2 Å². The predicted octanol–water partition coefficient (Wildman–Crippen LogP) is 1.41. The number of aryl methyl sites for hydroxylation is 1. The maximum absolute atomic E-state index is 12.8. The normalized spacial score (nSPS) is 29.1. The number of aromatic nitrogens is 2. The van der Waals surface area contributed by atoms with Gasteiger partial charge in [-0.15, -0.1) is 0 Å². The molecule has 1 atom stereocenters. The molecule has 1 saturated carbocycles. The highest BCUT2D eigenvalue weighted by Gasteiger charge is 2.48. The van der Waals surface area contributed by atoms with Crippen LogP contribution >= 0.6 is 0 Å². The Kier molecular flexibility index (Phi) is 3.36. The molecule has 1 unspecified atom stereocenters. The molecular formula is C15H23N3O3S. The topological polar surface area (TPSA) is 64.4 Å². The second-order valence-electron chi connectivity index (χ2n) is 6.81. The van der Waals surface area contributed by atoms with Gasteiger partial charge in [0, 0.05) is 38.7 Å². The third-order valence-electron chi connectivity index (χ3n) is 5.16. The molecule has 2 aliphatic heterocycles. The summed E-state index contributed by atoms with van der Waals surface area (Å²) in [4.78, 5) is 4.41. The summed E-state index contributed by atoms with van der Waals surface area (Å²) in [5.74, 6) is 1.58. The molecule has 4 rings (SSSR count). The fourth-order valence-electron chi connectivity index (χ4n) is 3.43. The van der Waals surface area contributed by atoms with Gasteiger partial charge in [0.15, 0.2) is 5.03 Å². The molecule has 7 heteroatoms. The van der Waals surface area contributed by atoms with Crippen molar-refractivity contribution in [2.24, 2.45) is 5.92 Å². The summed E-state index contributed by atoms with van der Waals surface area (Å²) in [6.07, 6.45) is 6.75. The van der Waals surface area contributed by atoms with Crippen LogP contribution in [-0.2, 0) is 27.7 Å². The zero-order chi connectivity index (χ0) is 15.4. The van der Waals surface area contributed by atoms with E-state index in [1.165, 1.54) is 12.8 Å². The van der Waals surface area contributed by atoms with E-state index in [4.69, 9.17) is 4.74 Å². The first-order valence-corrected chi connectivity index (χ1v) is 9.67. The van der Waals surface area contributed by atoms with Crippen molar-refractivity contribution in [3.05, 3.63) is 12.0 Å². The van der Waals surface area contributed by atoms with Crippen LogP contribution in [0.4, 0.5) is 0 Å². The van der Waals surface area contributed by atoms with Crippen LogP contribution in [0.5, 0.6) is 0 Å². The van der Waals surface area contributed by atoms with Gasteiger partial charge in [0.1, 0.15) is 5.82 Å². The number of sulfonamides is 1. The van der Waals surface area contributed by atoms with E-state index >= 15 is 0 Å². The average molecular weight is 325 g/mol. The molecule has 1 aromatic heterocycles. The monoisotopic (exact) mass is 325 g/mol. The minimum absolute atomic E-state index is 0.210. The maximum atomic E-state index is 12.8. The maximum Gasteiger partial charge on any atom is 0.262 e. The first-order valence-electron chi connectivity index (χ1n) is 8.23. The zero-order valence-electron chi connectivity index (χ0n) is 13.0. The summed E-state index contributed by atoms with van der Waals surface area (Å²) >= 11 is 0. The summed E-state index contributed by atoms with van der Waals surface area (Å²) in [7, 11) is -3.49. The lowest BCUT2D eigenvalue weighted by Gasteiger charge is -2.38. The molecule has 1 aliphatic carbocycles. The summed E-state index contributed by atoms with van der Waals surface area (Å²) < 4.78 is 34.9. The second kappa shape index (κ2) is 5.04. The molecule has 0 radical (unpaired) electrons. The molecule has 1 spiro atoms. The van der Waals surface area contributed by atoms with Gasteiger partial charge in [-0.1, -0.05) is 6.92 Å². The minimum Gasteiger partial charge on any atom is -0.373 e. The van der Waals surface area contributed by atoms with Crippen LogP contribution in [0.1, 0.15) is 38.4 Å². The molecule has 1 aromatic rings. The Labute approximate surface area is 131 Å². The van der Waals surface area contributed by atoms with Crippen LogP contribution in [-0.4, -0.2) is 47.6 Å². The number of imidazole rings is 1. The van der Waals surface area contributed by atoms with Gasteiger partial charge in [-0.3, -0.25) is 0 Å². The van der Waals surface area contributed by atoms with E-state index in [2.05, 4.69) is 4.98 Å². The summed E-state index contributed by atoms with van der Waals surface area (Å²) in [5, 5.41) is 0.210. The molecule has 6 nitrogen and oxygen atoms in total. The van der Waals surface area contributed by atoms with Gasteiger partial charge in [0.2, 0.25) is 0 Å². The minimum atomic E-state index is -3.49. The van der Waals surface area contributed by atoms with Gasteiger partial charge in [-0.25, -0.2) is 13.4 Å². The van der Waals surface area contributed by atoms with Gasteiger partial charge in [-0.2, -0.15) is 4.31 Å². The van der Waals surface area contributed by atoms with Crippen molar-refractivity contribution in [2.75, 3.05) is 19.7 Å². The Hall–Kier alpha value is -0.920. The molecular weight excluding hydrogens is 302 g/mol. The third-order valence-corrected chi connectivity index (χ3v) is 6.87. The van der Waals surface area contributed by atoms with Crippen molar-refractivity contribution >= 4 is 10.0 Å². The molecule has 0 bridgehead atoms. The first-order chi connectivity index (χ1) is 10.5. The van der Waals surface area contributed by atoms with Crippen molar-refractivity contribution in [1.29, 1.82) is 0 Å². The van der Waals surface area contributed by atoms with Crippen LogP contribution in [0.15, 0.2) is 11.2 Å². The smallest absolute Gasteiger partial charge is 0.262 e. The third kappa shape index (κ3) is 2.39. The summed E-state index contributed by atoms with van der Waals surface area (Å²) in [5.41, 5.74) is -0.211. The molecule has 0 aromatic carbocycles. The molecule has 2 saturated heterocycles. The van der Waals surface area contributed by atoms with Crippen molar-refractivity contribution in [3.8, 4) is 0 Å². The second-order valence-corrected chi connectivity index (χ2v) is 8.70. The van der Waals surface area contributed by atoms with E-state index in [1.807, 2.05) is 11.5 Å². The van der Waals surface area contributed by atoms with Crippen LogP contribution in [0.25, 0.3) is 0 Å². The van der Waals surface area contributed by atoms with Crippen LogP contribution in [0.2, 0.25) is 0 Å². The Bertz CT molecular complexity index is 674. The molecule has 3 fully saturated rings. The Morgan fingerprint density at radius 2 is 2.18 bits per heavy atom. The van der Waals surface area contributed by atoms with Gasteiger partial charge < -0.3 is 9.30 Å². The number of ether oxygens (including phenoxy) is 1. The van der Waals surface area contributed by atoms with E-state index in [0.29, 0.717) is 19.0 Å². The zero-order valence-corrected chi connectivity index (χ0v) is 13.8. The van der Waals surface area contributed by atoms with E-state index in [9.17, 15) is 8.42 Å². The number of hydrogen-bond donors (Lipinski definition) is 0. The fourth-order valence-corrected chi connectivity index (χ4v) is 4.91. The number of rotatable bonds is 5. The lowest BCUT2D eigenvalue weighted by Crippen LogP contribution is -2.46. The Balaban J connectivity index is 1.58. The van der Waals surface area contributed by atoms with Crippen molar-refractivity contribution in [2.45, 2.75) is 56.2 Å². The quantitative estimate of drug-likeness (QED) is 0.821. The van der Waals surface area contributed by atoms with Crippen molar-refractivity contribution in [1.82, 2.24) is 13.9 Å². The average Bonchev–Trinajstić information content (AvgIpc) is 3.01. The number of hydrogen-bond acceptors (Lipinski definition) is 4. The summed E-state index contributed by atoms with van der Waals surface area (Å²) in [6, 6.07) is 0. The lowest BCUT2D eigenvalue weighted by molar-refractivity contribution is -0.134. The van der Waals surface area contributed by atoms with Gasteiger partial charge in [0.25, 0.3) is 10.0 Å². The molecule has 3 heterocycles. The molecule has 0 amide bonds. The van der Waals surface area contributed by atoms with Crippen molar-refractivity contribution in [3.63, 3.8) is 0 Å². The van der Waals surface area contributed by atoms with Crippen LogP contribution in [0.3, 0.4) is 0 Å². The highest BCUT2D eigenvalue weighted by molar-refractivity contribution is 7.89. The van der Waals surface area contributed by atoms with Gasteiger partial charge in [0.05, 0.1) is 12.2 Å². The molecule has 0 N–H and O–H groups in total. The largest absolute Gasteiger partial charge is 0.373 e. The first kappa shape index (κ1) is 14.7. The lowest BCUT2D eigenvalue weighted by atomic mass is 9.94.